The lowest BCUT2D eigenvalue weighted by molar-refractivity contribution is -0.125. The number of nitrogens with two attached hydrogens (primary N) is 1. The lowest BCUT2D eigenvalue weighted by Gasteiger charge is -2.26. The van der Waals surface area contributed by atoms with E-state index in [1.807, 2.05) is 13.8 Å². The molecule has 2 rings (SSSR count). The standard InChI is InChI=1S/C16H24N2O/c1-16(2,15(19)18-10-9-17)14-8-7-12-5-3-4-6-13(12)11-14/h7-8,11H,3-6,9-10,17H2,1-2H3,(H,18,19). The van der Waals surface area contributed by atoms with Crippen LogP contribution < -0.4 is 11.1 Å². The van der Waals surface area contributed by atoms with Gasteiger partial charge >= 0.3 is 0 Å². The summed E-state index contributed by atoms with van der Waals surface area (Å²) in [7, 11) is 0. The van der Waals surface area contributed by atoms with E-state index in [0.29, 0.717) is 13.1 Å². The zero-order valence-electron chi connectivity index (χ0n) is 12.0. The highest BCUT2D eigenvalue weighted by atomic mass is 16.2. The number of carbonyl (C=O) groups excluding carboxylic acids is 1. The third-order valence-corrected chi connectivity index (χ3v) is 4.07. The molecule has 1 aliphatic carbocycles. The van der Waals surface area contributed by atoms with Gasteiger partial charge in [0, 0.05) is 13.1 Å². The molecule has 1 aromatic carbocycles. The van der Waals surface area contributed by atoms with E-state index in [4.69, 9.17) is 5.73 Å². The van der Waals surface area contributed by atoms with Gasteiger partial charge in [-0.15, -0.1) is 0 Å². The molecule has 0 saturated carbocycles. The molecule has 19 heavy (non-hydrogen) atoms. The van der Waals surface area contributed by atoms with Gasteiger partial charge in [-0.1, -0.05) is 18.2 Å². The summed E-state index contributed by atoms with van der Waals surface area (Å²) in [5.41, 5.74) is 8.91. The summed E-state index contributed by atoms with van der Waals surface area (Å²) >= 11 is 0. The van der Waals surface area contributed by atoms with Crippen molar-refractivity contribution in [1.82, 2.24) is 5.32 Å². The second-order valence-corrected chi connectivity index (χ2v) is 5.86. The maximum Gasteiger partial charge on any atom is 0.230 e. The van der Waals surface area contributed by atoms with Crippen LogP contribution in [0.3, 0.4) is 0 Å². The van der Waals surface area contributed by atoms with Crippen LogP contribution >= 0.6 is 0 Å². The molecule has 1 aliphatic rings. The first-order valence-corrected chi connectivity index (χ1v) is 7.16. The molecule has 3 N–H and O–H groups in total. The van der Waals surface area contributed by atoms with Crippen molar-refractivity contribution in [3.63, 3.8) is 0 Å². The first kappa shape index (κ1) is 14.1. The highest BCUT2D eigenvalue weighted by molar-refractivity contribution is 5.87. The van der Waals surface area contributed by atoms with Gasteiger partial charge in [0.2, 0.25) is 5.91 Å². The van der Waals surface area contributed by atoms with Crippen LogP contribution in [0, 0.1) is 0 Å². The maximum absolute atomic E-state index is 12.2. The zero-order chi connectivity index (χ0) is 13.9. The van der Waals surface area contributed by atoms with Crippen LogP contribution in [0.2, 0.25) is 0 Å². The zero-order valence-corrected chi connectivity index (χ0v) is 12.0. The lowest BCUT2D eigenvalue weighted by atomic mass is 9.80. The van der Waals surface area contributed by atoms with E-state index in [0.717, 1.165) is 12.0 Å². The van der Waals surface area contributed by atoms with Crippen LogP contribution in [0.4, 0.5) is 0 Å². The Kier molecular flexibility index (Phi) is 4.25. The quantitative estimate of drug-likeness (QED) is 0.869. The Labute approximate surface area is 115 Å². The fraction of sp³-hybridized carbons (Fsp3) is 0.562. The average Bonchev–Trinajstić information content (AvgIpc) is 2.44. The van der Waals surface area contributed by atoms with Crippen molar-refractivity contribution in [3.05, 3.63) is 34.9 Å². The van der Waals surface area contributed by atoms with Crippen LogP contribution in [0.25, 0.3) is 0 Å². The number of nitrogens with one attached hydrogen (secondary N) is 1. The molecule has 0 aliphatic heterocycles. The molecular weight excluding hydrogens is 236 g/mol. The number of hydrogen-bond acceptors (Lipinski definition) is 2. The predicted molar refractivity (Wildman–Crippen MR) is 78.2 cm³/mol. The molecule has 0 bridgehead atoms. The SMILES string of the molecule is CC(C)(C(=O)NCCN)c1ccc2c(c1)CCCC2. The second-order valence-electron chi connectivity index (χ2n) is 5.86. The molecule has 0 heterocycles. The Morgan fingerprint density at radius 3 is 2.63 bits per heavy atom. The summed E-state index contributed by atoms with van der Waals surface area (Å²) in [5, 5.41) is 2.89. The van der Waals surface area contributed by atoms with Gasteiger partial charge in [-0.3, -0.25) is 4.79 Å². The minimum absolute atomic E-state index is 0.0497. The van der Waals surface area contributed by atoms with Crippen LogP contribution in [0.1, 0.15) is 43.4 Å². The first-order chi connectivity index (χ1) is 9.05. The van der Waals surface area contributed by atoms with Gasteiger partial charge in [0.05, 0.1) is 5.41 Å². The Morgan fingerprint density at radius 1 is 1.26 bits per heavy atom. The highest BCUT2D eigenvalue weighted by Gasteiger charge is 2.30. The van der Waals surface area contributed by atoms with Crippen LogP contribution in [-0.2, 0) is 23.1 Å². The van der Waals surface area contributed by atoms with E-state index in [1.54, 1.807) is 0 Å². The third kappa shape index (κ3) is 2.98. The second kappa shape index (κ2) is 5.74. The Bertz CT molecular complexity index is 466. The van der Waals surface area contributed by atoms with E-state index < -0.39 is 5.41 Å². The number of aryl methyl sites for hydroxylation is 2. The fourth-order valence-electron chi connectivity index (χ4n) is 2.66. The van der Waals surface area contributed by atoms with Gasteiger partial charge in [-0.2, -0.15) is 0 Å². The minimum atomic E-state index is -0.498. The summed E-state index contributed by atoms with van der Waals surface area (Å²) in [6.07, 6.45) is 4.86. The summed E-state index contributed by atoms with van der Waals surface area (Å²) in [4.78, 5) is 12.2. The van der Waals surface area contributed by atoms with Crippen molar-refractivity contribution in [2.45, 2.75) is 44.9 Å². The number of benzene rings is 1. The topological polar surface area (TPSA) is 55.1 Å². The molecule has 0 radical (unpaired) electrons. The number of amides is 1. The van der Waals surface area contributed by atoms with Crippen LogP contribution in [0.5, 0.6) is 0 Å². The van der Waals surface area contributed by atoms with Crippen molar-refractivity contribution in [2.24, 2.45) is 5.73 Å². The highest BCUT2D eigenvalue weighted by Crippen LogP contribution is 2.29. The van der Waals surface area contributed by atoms with Crippen LogP contribution in [0.15, 0.2) is 18.2 Å². The van der Waals surface area contributed by atoms with Crippen molar-refractivity contribution in [2.75, 3.05) is 13.1 Å². The normalized spacial score (nSPS) is 14.9. The summed E-state index contributed by atoms with van der Waals surface area (Å²) in [6.45, 7) is 4.96. The Balaban J connectivity index is 2.22. The molecule has 0 saturated heterocycles. The number of hydrogen-bond donors (Lipinski definition) is 2. The van der Waals surface area contributed by atoms with Crippen molar-refractivity contribution in [3.8, 4) is 0 Å². The Hall–Kier alpha value is -1.35. The molecule has 0 spiro atoms. The summed E-state index contributed by atoms with van der Waals surface area (Å²) in [6, 6.07) is 6.52. The summed E-state index contributed by atoms with van der Waals surface area (Å²) in [5.74, 6) is 0.0497. The summed E-state index contributed by atoms with van der Waals surface area (Å²) < 4.78 is 0. The van der Waals surface area contributed by atoms with Crippen LogP contribution in [-0.4, -0.2) is 19.0 Å². The van der Waals surface area contributed by atoms with Crippen molar-refractivity contribution < 1.29 is 4.79 Å². The van der Waals surface area contributed by atoms with Crippen molar-refractivity contribution in [1.29, 1.82) is 0 Å². The number of rotatable bonds is 4. The smallest absolute Gasteiger partial charge is 0.230 e. The molecule has 0 unspecified atom stereocenters. The Morgan fingerprint density at radius 2 is 1.95 bits per heavy atom. The fourth-order valence-corrected chi connectivity index (χ4v) is 2.66. The van der Waals surface area contributed by atoms with Gasteiger partial charge < -0.3 is 11.1 Å². The molecule has 1 aromatic rings. The van der Waals surface area contributed by atoms with Gasteiger partial charge in [0.1, 0.15) is 0 Å². The first-order valence-electron chi connectivity index (χ1n) is 7.16. The van der Waals surface area contributed by atoms with Gasteiger partial charge in [-0.25, -0.2) is 0 Å². The van der Waals surface area contributed by atoms with Gasteiger partial charge in [-0.05, 0) is 56.2 Å². The molecule has 104 valence electrons. The molecule has 3 nitrogen and oxygen atoms in total. The average molecular weight is 260 g/mol. The maximum atomic E-state index is 12.2. The minimum Gasteiger partial charge on any atom is -0.354 e. The predicted octanol–water partition coefficient (Wildman–Crippen LogP) is 1.92. The number of carbonyl (C=O) groups is 1. The third-order valence-electron chi connectivity index (χ3n) is 4.07. The monoisotopic (exact) mass is 260 g/mol. The van der Waals surface area contributed by atoms with E-state index in [1.165, 1.54) is 30.4 Å². The molecule has 1 amide bonds. The molecule has 0 fully saturated rings. The molecule has 3 heteroatoms. The van der Waals surface area contributed by atoms with Gasteiger partial charge in [0.15, 0.2) is 0 Å². The number of fused-ring (bicyclic) bond motifs is 1. The largest absolute Gasteiger partial charge is 0.354 e. The molecule has 0 aromatic heterocycles. The van der Waals surface area contributed by atoms with E-state index in [2.05, 4.69) is 23.5 Å². The van der Waals surface area contributed by atoms with Crippen molar-refractivity contribution >= 4 is 5.91 Å². The van der Waals surface area contributed by atoms with E-state index in [-0.39, 0.29) is 5.91 Å². The van der Waals surface area contributed by atoms with Gasteiger partial charge in [0.25, 0.3) is 0 Å². The molecular formula is C16H24N2O. The van der Waals surface area contributed by atoms with E-state index >= 15 is 0 Å². The molecule has 0 atom stereocenters. The lowest BCUT2D eigenvalue weighted by Crippen LogP contribution is -2.42. The van der Waals surface area contributed by atoms with E-state index in [9.17, 15) is 4.79 Å².